The largest absolute Gasteiger partial charge is 0.353 e. The van der Waals surface area contributed by atoms with Gasteiger partial charge < -0.3 is 4.74 Å². The Kier molecular flexibility index (Phi) is 13.8. The SMILES string of the molecule is CCCCCCCCCCCCCCCOC=P(c1ccccc1)(c1ccccc1)c1ccccc1. The van der Waals surface area contributed by atoms with Crippen molar-refractivity contribution < 1.29 is 4.74 Å². The number of hydrogen-bond donors (Lipinski definition) is 0. The zero-order valence-corrected chi connectivity index (χ0v) is 23.4. The molecule has 3 aromatic carbocycles. The summed E-state index contributed by atoms with van der Waals surface area (Å²) < 4.78 is 6.39. The van der Waals surface area contributed by atoms with Crippen molar-refractivity contribution in [2.24, 2.45) is 0 Å². The van der Waals surface area contributed by atoms with E-state index < -0.39 is 6.89 Å². The summed E-state index contributed by atoms with van der Waals surface area (Å²) in [4.78, 5) is 0. The summed E-state index contributed by atoms with van der Waals surface area (Å²) in [6.07, 6.45) is 17.8. The fourth-order valence-electron chi connectivity index (χ4n) is 4.99. The van der Waals surface area contributed by atoms with Crippen LogP contribution in [0.3, 0.4) is 0 Å². The maximum atomic E-state index is 6.39. The molecule has 0 aliphatic carbocycles. The standard InChI is InChI=1S/C34H47OP/c1-2-3-4-5-6-7-8-9-10-11-12-13-23-30-35-31-36(32-24-17-14-18-25-32,33-26-19-15-20-27-33)34-28-21-16-22-29-34/h14-22,24-29,31H,2-13,23,30H2,1H3. The van der Waals surface area contributed by atoms with Crippen LogP contribution in [0.5, 0.6) is 0 Å². The predicted molar refractivity (Wildman–Crippen MR) is 163 cm³/mol. The molecule has 0 amide bonds. The first-order valence-electron chi connectivity index (χ1n) is 14.4. The molecule has 1 nitrogen and oxygen atoms in total. The molecule has 0 N–H and O–H groups in total. The Labute approximate surface area is 221 Å². The number of benzene rings is 3. The highest BCUT2D eigenvalue weighted by atomic mass is 31.2. The van der Waals surface area contributed by atoms with Crippen LogP contribution in [0.2, 0.25) is 0 Å². The minimum absolute atomic E-state index is 0.798. The average molecular weight is 503 g/mol. The number of unbranched alkanes of at least 4 members (excludes halogenated alkanes) is 12. The van der Waals surface area contributed by atoms with Gasteiger partial charge in [0.2, 0.25) is 0 Å². The first-order chi connectivity index (χ1) is 17.9. The van der Waals surface area contributed by atoms with Crippen molar-refractivity contribution in [1.29, 1.82) is 0 Å². The van der Waals surface area contributed by atoms with Gasteiger partial charge in [0.1, 0.15) is 0 Å². The normalized spacial score (nSPS) is 11.5. The molecule has 0 saturated carbocycles. The monoisotopic (exact) mass is 502 g/mol. The molecule has 2 heteroatoms. The molecule has 3 rings (SSSR count). The van der Waals surface area contributed by atoms with Crippen LogP contribution >= 0.6 is 6.89 Å². The molecule has 0 heterocycles. The molecule has 0 aromatic heterocycles. The Balaban J connectivity index is 1.51. The van der Waals surface area contributed by atoms with E-state index in [0.29, 0.717) is 0 Å². The van der Waals surface area contributed by atoms with Crippen LogP contribution in [-0.4, -0.2) is 12.6 Å². The highest BCUT2D eigenvalue weighted by Gasteiger charge is 2.25. The van der Waals surface area contributed by atoms with Gasteiger partial charge >= 0.3 is 0 Å². The Morgan fingerprint density at radius 1 is 0.472 bits per heavy atom. The maximum Gasteiger partial charge on any atom is 0.0525 e. The summed E-state index contributed by atoms with van der Waals surface area (Å²) in [6.45, 7) is 1.10. The second-order valence-electron chi connectivity index (χ2n) is 9.95. The molecule has 0 aliphatic rings. The smallest absolute Gasteiger partial charge is 0.0525 e. The average Bonchev–Trinajstić information content (AvgIpc) is 2.94. The number of rotatable bonds is 18. The first kappa shape index (κ1) is 28.5. The van der Waals surface area contributed by atoms with E-state index in [1.807, 2.05) is 0 Å². The van der Waals surface area contributed by atoms with Gasteiger partial charge in [-0.2, -0.15) is 0 Å². The molecule has 194 valence electrons. The van der Waals surface area contributed by atoms with E-state index in [-0.39, 0.29) is 0 Å². The lowest BCUT2D eigenvalue weighted by molar-refractivity contribution is 0.311. The second-order valence-corrected chi connectivity index (χ2v) is 13.2. The number of ether oxygens (including phenoxy) is 1. The maximum absolute atomic E-state index is 6.39. The lowest BCUT2D eigenvalue weighted by Crippen LogP contribution is -2.27. The van der Waals surface area contributed by atoms with Crippen LogP contribution in [0.25, 0.3) is 0 Å². The highest BCUT2D eigenvalue weighted by Crippen LogP contribution is 2.43. The van der Waals surface area contributed by atoms with Crippen LogP contribution in [0.15, 0.2) is 91.0 Å². The lowest BCUT2D eigenvalue weighted by Gasteiger charge is -2.28. The predicted octanol–water partition coefficient (Wildman–Crippen LogP) is 8.85. The van der Waals surface area contributed by atoms with Gasteiger partial charge in [0.25, 0.3) is 0 Å². The van der Waals surface area contributed by atoms with Gasteiger partial charge in [0.15, 0.2) is 0 Å². The molecular weight excluding hydrogens is 455 g/mol. The third-order valence-corrected chi connectivity index (χ3v) is 10.9. The van der Waals surface area contributed by atoms with Gasteiger partial charge in [-0.25, -0.2) is 0 Å². The van der Waals surface area contributed by atoms with Crippen molar-refractivity contribution >= 4 is 28.8 Å². The van der Waals surface area contributed by atoms with Gasteiger partial charge in [-0.15, -0.1) is 0 Å². The van der Waals surface area contributed by atoms with Crippen molar-refractivity contribution in [1.82, 2.24) is 0 Å². The van der Waals surface area contributed by atoms with E-state index in [0.717, 1.165) is 13.0 Å². The Morgan fingerprint density at radius 3 is 1.17 bits per heavy atom. The van der Waals surface area contributed by atoms with E-state index in [1.54, 1.807) is 0 Å². The third kappa shape index (κ3) is 9.10. The highest BCUT2D eigenvalue weighted by molar-refractivity contribution is 7.94. The fourth-order valence-corrected chi connectivity index (χ4v) is 8.50. The van der Waals surface area contributed by atoms with Gasteiger partial charge in [-0.05, 0) is 29.2 Å². The minimum atomic E-state index is -1.99. The van der Waals surface area contributed by atoms with Crippen LogP contribution in [0.1, 0.15) is 90.4 Å². The molecule has 0 spiro atoms. The molecule has 0 bridgehead atoms. The summed E-state index contributed by atoms with van der Waals surface area (Å²) >= 11 is 0. The first-order valence-corrected chi connectivity index (χ1v) is 16.3. The quantitative estimate of drug-likeness (QED) is 0.125. The Morgan fingerprint density at radius 2 is 0.806 bits per heavy atom. The van der Waals surface area contributed by atoms with E-state index in [9.17, 15) is 0 Å². The molecule has 0 atom stereocenters. The molecule has 0 unspecified atom stereocenters. The summed E-state index contributed by atoms with van der Waals surface area (Å²) in [5, 5.41) is 4.02. The third-order valence-electron chi connectivity index (χ3n) is 7.09. The minimum Gasteiger partial charge on any atom is -0.353 e. The van der Waals surface area contributed by atoms with Crippen molar-refractivity contribution in [2.75, 3.05) is 6.61 Å². The molecule has 0 aliphatic heterocycles. The van der Waals surface area contributed by atoms with Crippen LogP contribution < -0.4 is 15.9 Å². The van der Waals surface area contributed by atoms with Crippen LogP contribution in [0.4, 0.5) is 0 Å². The van der Waals surface area contributed by atoms with Crippen molar-refractivity contribution in [3.05, 3.63) is 91.0 Å². The summed E-state index contributed by atoms with van der Waals surface area (Å²) in [5.41, 5.74) is 0. The van der Waals surface area contributed by atoms with Crippen molar-refractivity contribution in [3.8, 4) is 0 Å². The van der Waals surface area contributed by atoms with E-state index in [4.69, 9.17) is 4.74 Å². The zero-order valence-electron chi connectivity index (χ0n) is 22.5. The van der Waals surface area contributed by atoms with Crippen LogP contribution in [-0.2, 0) is 4.74 Å². The van der Waals surface area contributed by atoms with Crippen molar-refractivity contribution in [2.45, 2.75) is 90.4 Å². The molecule has 36 heavy (non-hydrogen) atoms. The zero-order chi connectivity index (χ0) is 25.2. The molecule has 0 radical (unpaired) electrons. The molecular formula is C34H47OP. The van der Waals surface area contributed by atoms with Gasteiger partial charge in [0, 0.05) is 5.98 Å². The molecule has 0 saturated heterocycles. The lowest BCUT2D eigenvalue weighted by atomic mass is 10.0. The van der Waals surface area contributed by atoms with Gasteiger partial charge in [0.05, 0.1) is 6.61 Å². The van der Waals surface area contributed by atoms with Gasteiger partial charge in [-0.1, -0.05) is 175 Å². The Bertz CT molecular complexity index is 878. The van der Waals surface area contributed by atoms with Crippen molar-refractivity contribution in [3.63, 3.8) is 0 Å². The number of hydrogen-bond acceptors (Lipinski definition) is 1. The second kappa shape index (κ2) is 17.4. The van der Waals surface area contributed by atoms with Crippen LogP contribution in [0, 0.1) is 0 Å². The summed E-state index contributed by atoms with van der Waals surface area (Å²) in [7, 11) is 0. The fraction of sp³-hybridized carbons (Fsp3) is 0.441. The van der Waals surface area contributed by atoms with Gasteiger partial charge in [-0.3, -0.25) is 0 Å². The van der Waals surface area contributed by atoms with E-state index in [2.05, 4.69) is 104 Å². The Hall–Kier alpha value is -2.08. The molecule has 3 aromatic rings. The topological polar surface area (TPSA) is 9.23 Å². The van der Waals surface area contributed by atoms with E-state index in [1.165, 1.54) is 93.0 Å². The molecule has 0 fully saturated rings. The summed E-state index contributed by atoms with van der Waals surface area (Å²) in [5.74, 6) is 2.20. The van der Waals surface area contributed by atoms with E-state index >= 15 is 0 Å². The summed E-state index contributed by atoms with van der Waals surface area (Å²) in [6, 6.07) is 32.8.